The van der Waals surface area contributed by atoms with Gasteiger partial charge < -0.3 is 10.6 Å². The molecule has 1 amide bonds. The van der Waals surface area contributed by atoms with Gasteiger partial charge in [0.05, 0.1) is 0 Å². The molecule has 0 spiro atoms. The third kappa shape index (κ3) is 7.78. The van der Waals surface area contributed by atoms with E-state index in [0.29, 0.717) is 18.3 Å². The van der Waals surface area contributed by atoms with Gasteiger partial charge in [0.25, 0.3) is 0 Å². The number of nitrogens with one attached hydrogen (secondary N) is 2. The standard InChI is InChI=1S/C10H22N2O/c1-8(2)5-10(13)12-7-9(3)6-11-4/h8-9,11H,5-7H2,1-4H3,(H,12,13). The SMILES string of the molecule is CNCC(C)CNC(=O)CC(C)C. The topological polar surface area (TPSA) is 41.1 Å². The normalized spacial score (nSPS) is 13.0. The third-order valence-corrected chi connectivity index (χ3v) is 1.79. The lowest BCUT2D eigenvalue weighted by Gasteiger charge is -2.12. The molecule has 78 valence electrons. The van der Waals surface area contributed by atoms with E-state index in [1.807, 2.05) is 7.05 Å². The molecule has 0 aromatic heterocycles. The highest BCUT2D eigenvalue weighted by Crippen LogP contribution is 1.98. The van der Waals surface area contributed by atoms with Crippen molar-refractivity contribution < 1.29 is 4.79 Å². The number of hydrogen-bond donors (Lipinski definition) is 2. The summed E-state index contributed by atoms with van der Waals surface area (Å²) in [4.78, 5) is 11.2. The van der Waals surface area contributed by atoms with Gasteiger partial charge in [-0.1, -0.05) is 20.8 Å². The number of carbonyl (C=O) groups is 1. The molecule has 0 aliphatic rings. The van der Waals surface area contributed by atoms with Gasteiger partial charge in [0.2, 0.25) is 5.91 Å². The minimum Gasteiger partial charge on any atom is -0.356 e. The van der Waals surface area contributed by atoms with Gasteiger partial charge in [-0.15, -0.1) is 0 Å². The van der Waals surface area contributed by atoms with Crippen LogP contribution in [-0.2, 0) is 4.79 Å². The van der Waals surface area contributed by atoms with Crippen molar-refractivity contribution in [3.8, 4) is 0 Å². The van der Waals surface area contributed by atoms with Crippen molar-refractivity contribution in [2.24, 2.45) is 11.8 Å². The van der Waals surface area contributed by atoms with Crippen molar-refractivity contribution in [2.75, 3.05) is 20.1 Å². The second-order valence-electron chi connectivity index (χ2n) is 4.06. The van der Waals surface area contributed by atoms with E-state index in [-0.39, 0.29) is 5.91 Å². The Morgan fingerprint density at radius 2 is 1.85 bits per heavy atom. The Morgan fingerprint density at radius 3 is 2.31 bits per heavy atom. The zero-order chi connectivity index (χ0) is 10.3. The van der Waals surface area contributed by atoms with E-state index in [0.717, 1.165) is 13.1 Å². The summed E-state index contributed by atoms with van der Waals surface area (Å²) in [6, 6.07) is 0. The third-order valence-electron chi connectivity index (χ3n) is 1.79. The smallest absolute Gasteiger partial charge is 0.220 e. The summed E-state index contributed by atoms with van der Waals surface area (Å²) in [6.07, 6.45) is 0.631. The predicted octanol–water partition coefficient (Wildman–Crippen LogP) is 1.00. The Balaban J connectivity index is 3.46. The van der Waals surface area contributed by atoms with Gasteiger partial charge in [-0.2, -0.15) is 0 Å². The van der Waals surface area contributed by atoms with Gasteiger partial charge in [-0.05, 0) is 25.4 Å². The Bertz CT molecular complexity index is 146. The monoisotopic (exact) mass is 186 g/mol. The lowest BCUT2D eigenvalue weighted by molar-refractivity contribution is -0.121. The number of carbonyl (C=O) groups excluding carboxylic acids is 1. The predicted molar refractivity (Wildman–Crippen MR) is 55.6 cm³/mol. The van der Waals surface area contributed by atoms with Crippen molar-refractivity contribution >= 4 is 5.91 Å². The van der Waals surface area contributed by atoms with Crippen LogP contribution in [0.2, 0.25) is 0 Å². The summed E-state index contributed by atoms with van der Waals surface area (Å²) in [6.45, 7) is 7.94. The number of hydrogen-bond acceptors (Lipinski definition) is 2. The molecule has 0 fully saturated rings. The van der Waals surface area contributed by atoms with Gasteiger partial charge >= 0.3 is 0 Å². The highest BCUT2D eigenvalue weighted by molar-refractivity contribution is 5.76. The molecule has 0 saturated heterocycles. The fourth-order valence-corrected chi connectivity index (χ4v) is 1.15. The van der Waals surface area contributed by atoms with Crippen LogP contribution in [0.4, 0.5) is 0 Å². The molecule has 1 atom stereocenters. The molecule has 2 N–H and O–H groups in total. The zero-order valence-electron chi connectivity index (χ0n) is 9.18. The van der Waals surface area contributed by atoms with Crippen LogP contribution >= 0.6 is 0 Å². The fourth-order valence-electron chi connectivity index (χ4n) is 1.15. The van der Waals surface area contributed by atoms with Crippen LogP contribution < -0.4 is 10.6 Å². The lowest BCUT2D eigenvalue weighted by atomic mass is 10.1. The van der Waals surface area contributed by atoms with Crippen LogP contribution in [0.15, 0.2) is 0 Å². The summed E-state index contributed by atoms with van der Waals surface area (Å²) in [5.74, 6) is 1.11. The minimum atomic E-state index is 0.165. The van der Waals surface area contributed by atoms with E-state index in [1.165, 1.54) is 0 Å². The van der Waals surface area contributed by atoms with Crippen LogP contribution in [0, 0.1) is 11.8 Å². The Labute approximate surface area is 81.3 Å². The summed E-state index contributed by atoms with van der Waals surface area (Å²) in [7, 11) is 1.92. The van der Waals surface area contributed by atoms with E-state index in [2.05, 4.69) is 31.4 Å². The average Bonchev–Trinajstić information content (AvgIpc) is 2.00. The van der Waals surface area contributed by atoms with Crippen LogP contribution in [0.1, 0.15) is 27.2 Å². The molecule has 1 unspecified atom stereocenters. The second kappa shape index (κ2) is 6.89. The first-order valence-corrected chi connectivity index (χ1v) is 4.97. The summed E-state index contributed by atoms with van der Waals surface area (Å²) in [5, 5.41) is 6.00. The lowest BCUT2D eigenvalue weighted by Crippen LogP contribution is -2.32. The summed E-state index contributed by atoms with van der Waals surface area (Å²) >= 11 is 0. The fraction of sp³-hybridized carbons (Fsp3) is 0.900. The summed E-state index contributed by atoms with van der Waals surface area (Å²) < 4.78 is 0. The molecule has 0 rings (SSSR count). The van der Waals surface area contributed by atoms with Crippen molar-refractivity contribution in [1.29, 1.82) is 0 Å². The molecule has 0 heterocycles. The molecule has 0 aromatic rings. The van der Waals surface area contributed by atoms with E-state index < -0.39 is 0 Å². The maximum absolute atomic E-state index is 11.2. The number of rotatable bonds is 6. The average molecular weight is 186 g/mol. The molecular weight excluding hydrogens is 164 g/mol. The highest BCUT2D eigenvalue weighted by atomic mass is 16.1. The second-order valence-corrected chi connectivity index (χ2v) is 4.06. The maximum Gasteiger partial charge on any atom is 0.220 e. The van der Waals surface area contributed by atoms with Gasteiger partial charge in [-0.3, -0.25) is 4.79 Å². The van der Waals surface area contributed by atoms with Crippen molar-refractivity contribution in [1.82, 2.24) is 10.6 Å². The van der Waals surface area contributed by atoms with Crippen LogP contribution in [0.5, 0.6) is 0 Å². The molecule has 0 saturated carbocycles. The van der Waals surface area contributed by atoms with E-state index in [9.17, 15) is 4.79 Å². The number of amides is 1. The van der Waals surface area contributed by atoms with Gasteiger partial charge in [-0.25, -0.2) is 0 Å². The first kappa shape index (κ1) is 12.4. The van der Waals surface area contributed by atoms with Crippen LogP contribution in [-0.4, -0.2) is 26.0 Å². The van der Waals surface area contributed by atoms with E-state index >= 15 is 0 Å². The van der Waals surface area contributed by atoms with Crippen LogP contribution in [0.25, 0.3) is 0 Å². The van der Waals surface area contributed by atoms with Crippen molar-refractivity contribution in [3.05, 3.63) is 0 Å². The molecule has 0 aromatic carbocycles. The Kier molecular flexibility index (Phi) is 6.59. The maximum atomic E-state index is 11.2. The molecule has 3 heteroatoms. The first-order chi connectivity index (χ1) is 6.06. The minimum absolute atomic E-state index is 0.165. The Hall–Kier alpha value is -0.570. The highest BCUT2D eigenvalue weighted by Gasteiger charge is 2.06. The largest absolute Gasteiger partial charge is 0.356 e. The van der Waals surface area contributed by atoms with Crippen molar-refractivity contribution in [2.45, 2.75) is 27.2 Å². The molecule has 0 aliphatic carbocycles. The van der Waals surface area contributed by atoms with Crippen LogP contribution in [0.3, 0.4) is 0 Å². The molecule has 0 aliphatic heterocycles. The Morgan fingerprint density at radius 1 is 1.23 bits per heavy atom. The summed E-state index contributed by atoms with van der Waals surface area (Å²) in [5.41, 5.74) is 0. The van der Waals surface area contributed by atoms with Gasteiger partial charge in [0.1, 0.15) is 0 Å². The molecule has 0 radical (unpaired) electrons. The zero-order valence-corrected chi connectivity index (χ0v) is 9.18. The van der Waals surface area contributed by atoms with Gasteiger partial charge in [0.15, 0.2) is 0 Å². The van der Waals surface area contributed by atoms with Gasteiger partial charge in [0, 0.05) is 13.0 Å². The molecule has 13 heavy (non-hydrogen) atoms. The van der Waals surface area contributed by atoms with Crippen molar-refractivity contribution in [3.63, 3.8) is 0 Å². The van der Waals surface area contributed by atoms with E-state index in [1.54, 1.807) is 0 Å². The quantitative estimate of drug-likeness (QED) is 0.650. The van der Waals surface area contributed by atoms with E-state index in [4.69, 9.17) is 0 Å². The molecular formula is C10H22N2O. The molecule has 3 nitrogen and oxygen atoms in total. The molecule has 0 bridgehead atoms. The first-order valence-electron chi connectivity index (χ1n) is 4.97.